The van der Waals surface area contributed by atoms with Crippen LogP contribution in [0.1, 0.15) is 65.9 Å². The molecule has 9 atom stereocenters. The summed E-state index contributed by atoms with van der Waals surface area (Å²) in [5.74, 6) is -13.8. The molecular weight excluding hydrogens is 917 g/mol. The number of rotatable bonds is 31. The van der Waals surface area contributed by atoms with E-state index < -0.39 is 165 Å². The number of aliphatic hydroxyl groups is 2. The molecule has 0 fully saturated rings. The van der Waals surface area contributed by atoms with Gasteiger partial charge in [-0.2, -0.15) is 0 Å². The Morgan fingerprint density at radius 1 is 0.580 bits per heavy atom. The van der Waals surface area contributed by atoms with Crippen molar-refractivity contribution in [2.45, 2.75) is 115 Å². The van der Waals surface area contributed by atoms with Crippen LogP contribution < -0.4 is 54.8 Å². The van der Waals surface area contributed by atoms with Crippen molar-refractivity contribution in [1.29, 1.82) is 0 Å². The normalized spacial score (nSPS) is 14.8. The minimum absolute atomic E-state index is 0.0158. The van der Waals surface area contributed by atoms with Gasteiger partial charge >= 0.3 is 17.9 Å². The molecule has 16 N–H and O–H groups in total. The van der Waals surface area contributed by atoms with Gasteiger partial charge in [-0.25, -0.2) is 14.4 Å². The molecule has 27 heteroatoms. The molecule has 0 aliphatic rings. The van der Waals surface area contributed by atoms with Gasteiger partial charge in [-0.1, -0.05) is 58.0 Å². The molecule has 0 spiro atoms. The van der Waals surface area contributed by atoms with Crippen molar-refractivity contribution in [3.8, 4) is 0 Å². The quantitative estimate of drug-likeness (QED) is 0.0243. The second-order valence-electron chi connectivity index (χ2n) is 16.1. The summed E-state index contributed by atoms with van der Waals surface area (Å²) in [7, 11) is 0. The second-order valence-corrected chi connectivity index (χ2v) is 16.1. The maximum atomic E-state index is 13.6. The number of carbonyl (C=O) groups is 12. The zero-order valence-corrected chi connectivity index (χ0v) is 38.9. The highest BCUT2D eigenvalue weighted by Crippen LogP contribution is 2.16. The lowest BCUT2D eigenvalue weighted by molar-refractivity contribution is -0.163. The van der Waals surface area contributed by atoms with Gasteiger partial charge in [0.1, 0.15) is 42.3 Å². The third-order valence-electron chi connectivity index (χ3n) is 9.75. The third kappa shape index (κ3) is 22.4. The van der Waals surface area contributed by atoms with E-state index in [4.69, 9.17) is 37.1 Å². The molecule has 0 saturated heterocycles. The molecule has 384 valence electrons. The van der Waals surface area contributed by atoms with Crippen LogP contribution in [0.2, 0.25) is 0 Å². The summed E-state index contributed by atoms with van der Waals surface area (Å²) in [6.07, 6.45) is -3.13. The highest BCUT2D eigenvalue weighted by atomic mass is 16.6. The summed E-state index contributed by atoms with van der Waals surface area (Å²) < 4.78 is 15.7. The number of esters is 3. The summed E-state index contributed by atoms with van der Waals surface area (Å²) in [6, 6.07) is -2.85. The van der Waals surface area contributed by atoms with Crippen molar-refractivity contribution >= 4 is 71.1 Å². The molecule has 1 aromatic rings. The minimum atomic E-state index is -1.82. The van der Waals surface area contributed by atoms with Crippen molar-refractivity contribution in [2.24, 2.45) is 34.8 Å². The van der Waals surface area contributed by atoms with Crippen molar-refractivity contribution < 1.29 is 82.0 Å². The lowest BCUT2D eigenvalue weighted by Gasteiger charge is -2.27. The molecule has 9 amide bonds. The SMILES string of the molecule is CC[C@H](C)[C@H](OC(=O)[C@H](C)NC(=O)COC(=O)[C@H](Cc1ccccc1)NC(=O)[C@H](CC(N)=O)NC(=O)[C@H](CC(N)=O)NC(=O)[C@@H](N)CO)C(=O)N[C@@H](CC(C)C)C(=O)OCC(=O)N[C@@H](CO)C(N)=O. The Morgan fingerprint density at radius 2 is 1.06 bits per heavy atom. The van der Waals surface area contributed by atoms with Crippen LogP contribution in [-0.2, 0) is 78.2 Å². The van der Waals surface area contributed by atoms with Gasteiger partial charge in [-0.05, 0) is 31.2 Å². The first-order chi connectivity index (χ1) is 32.3. The molecule has 1 rings (SSSR count). The van der Waals surface area contributed by atoms with Gasteiger partial charge < -0.3 is 79.3 Å². The van der Waals surface area contributed by atoms with Crippen LogP contribution in [0.4, 0.5) is 0 Å². The average molecular weight is 981 g/mol. The minimum Gasteiger partial charge on any atom is -0.454 e. The monoisotopic (exact) mass is 980 g/mol. The van der Waals surface area contributed by atoms with Gasteiger partial charge in [-0.3, -0.25) is 43.2 Å². The highest BCUT2D eigenvalue weighted by molar-refractivity contribution is 5.98. The van der Waals surface area contributed by atoms with Gasteiger partial charge in [0.2, 0.25) is 35.4 Å². The van der Waals surface area contributed by atoms with Gasteiger partial charge in [0.05, 0.1) is 26.1 Å². The number of nitrogens with one attached hydrogen (secondary N) is 6. The van der Waals surface area contributed by atoms with Gasteiger partial charge in [0, 0.05) is 12.3 Å². The van der Waals surface area contributed by atoms with Crippen LogP contribution in [-0.4, -0.2) is 156 Å². The van der Waals surface area contributed by atoms with E-state index in [2.05, 4.69) is 31.9 Å². The lowest BCUT2D eigenvalue weighted by atomic mass is 9.99. The number of hydrogen-bond donors (Lipinski definition) is 12. The molecule has 0 radical (unpaired) electrons. The maximum Gasteiger partial charge on any atom is 0.329 e. The number of ether oxygens (including phenoxy) is 3. The van der Waals surface area contributed by atoms with Crippen LogP contribution in [0, 0.1) is 11.8 Å². The molecular formula is C42H64N10O17. The van der Waals surface area contributed by atoms with E-state index in [0.717, 1.165) is 0 Å². The molecule has 0 unspecified atom stereocenters. The van der Waals surface area contributed by atoms with E-state index in [0.29, 0.717) is 12.0 Å². The summed E-state index contributed by atoms with van der Waals surface area (Å²) in [4.78, 5) is 152. The number of aliphatic hydroxyl groups excluding tert-OH is 2. The largest absolute Gasteiger partial charge is 0.454 e. The van der Waals surface area contributed by atoms with E-state index in [1.54, 1.807) is 58.0 Å². The Balaban J connectivity index is 3.14. The van der Waals surface area contributed by atoms with E-state index in [1.807, 2.05) is 0 Å². The standard InChI is InChI=1S/C42H64N10O17/c1-6-21(4)34(39(63)52-27(12-20(2)3)41(65)68-19-33(58)48-29(17-54)35(46)59)69-40(64)22(5)47-32(57)18-67-42(66)28(13-23-10-8-7-9-11-23)51-38(62)26(15-31(45)56)50-37(61)25(14-30(44)55)49-36(60)24(43)16-53/h7-11,20-22,24-29,34,53-54H,6,12-19,43H2,1-5H3,(H2,44,55)(H2,45,56)(H2,46,59)(H,47,57)(H,48,58)(H,49,60)(H,50,61)(H,51,62)(H,52,63)/t21-,22-,24-,25-,26-,27-,28-,29-,34-/m0/s1. The number of carbonyl (C=O) groups excluding carboxylic acids is 12. The molecule has 1 aromatic carbocycles. The fourth-order valence-electron chi connectivity index (χ4n) is 5.84. The van der Waals surface area contributed by atoms with Crippen LogP contribution in [0.25, 0.3) is 0 Å². The van der Waals surface area contributed by atoms with Crippen molar-refractivity contribution in [3.63, 3.8) is 0 Å². The molecule has 0 heterocycles. The Morgan fingerprint density at radius 3 is 1.52 bits per heavy atom. The fraction of sp³-hybridized carbons (Fsp3) is 0.571. The zero-order valence-electron chi connectivity index (χ0n) is 38.9. The Labute approximate surface area is 396 Å². The zero-order chi connectivity index (χ0) is 52.5. The van der Waals surface area contributed by atoms with E-state index >= 15 is 0 Å². The van der Waals surface area contributed by atoms with Crippen LogP contribution in [0.5, 0.6) is 0 Å². The van der Waals surface area contributed by atoms with Gasteiger partial charge in [-0.15, -0.1) is 0 Å². The number of hydrogen-bond acceptors (Lipinski definition) is 18. The smallest absolute Gasteiger partial charge is 0.329 e. The van der Waals surface area contributed by atoms with Crippen LogP contribution in [0.3, 0.4) is 0 Å². The Hall–Kier alpha value is -7.26. The van der Waals surface area contributed by atoms with Crippen LogP contribution >= 0.6 is 0 Å². The molecule has 69 heavy (non-hydrogen) atoms. The first kappa shape index (κ1) is 59.8. The second kappa shape index (κ2) is 30.2. The van der Waals surface area contributed by atoms with E-state index in [9.17, 15) is 67.7 Å². The van der Waals surface area contributed by atoms with Crippen LogP contribution in [0.15, 0.2) is 30.3 Å². The lowest BCUT2D eigenvalue weighted by Crippen LogP contribution is -2.58. The first-order valence-electron chi connectivity index (χ1n) is 21.5. The van der Waals surface area contributed by atoms with Crippen molar-refractivity contribution in [2.75, 3.05) is 26.4 Å². The van der Waals surface area contributed by atoms with E-state index in [1.165, 1.54) is 6.92 Å². The summed E-state index contributed by atoms with van der Waals surface area (Å²) in [5, 5.41) is 31.8. The van der Waals surface area contributed by atoms with Gasteiger partial charge in [0.25, 0.3) is 17.7 Å². The Kier molecular flexibility index (Phi) is 26.1. The summed E-state index contributed by atoms with van der Waals surface area (Å²) in [5.41, 5.74) is 21.5. The maximum absolute atomic E-state index is 13.6. The average Bonchev–Trinajstić information content (AvgIpc) is 3.28. The number of primary amides is 3. The van der Waals surface area contributed by atoms with Gasteiger partial charge in [0.15, 0.2) is 19.3 Å². The highest BCUT2D eigenvalue weighted by Gasteiger charge is 2.36. The van der Waals surface area contributed by atoms with Crippen molar-refractivity contribution in [3.05, 3.63) is 35.9 Å². The molecule has 0 saturated carbocycles. The van der Waals surface area contributed by atoms with Crippen molar-refractivity contribution in [1.82, 2.24) is 31.9 Å². The molecule has 0 aliphatic carbocycles. The summed E-state index contributed by atoms with van der Waals surface area (Å²) in [6.45, 7) is 4.35. The number of amides is 9. The molecule has 0 bridgehead atoms. The predicted octanol–water partition coefficient (Wildman–Crippen LogP) is -6.20. The fourth-order valence-corrected chi connectivity index (χ4v) is 5.84. The van der Waals surface area contributed by atoms with E-state index in [-0.39, 0.29) is 18.8 Å². The Bertz CT molecular complexity index is 1990. The molecule has 0 aromatic heterocycles. The summed E-state index contributed by atoms with van der Waals surface area (Å²) >= 11 is 0. The predicted molar refractivity (Wildman–Crippen MR) is 237 cm³/mol. The molecule has 0 aliphatic heterocycles. The molecule has 27 nitrogen and oxygen atoms in total. The number of benzene rings is 1. The first-order valence-corrected chi connectivity index (χ1v) is 21.5. The third-order valence-corrected chi connectivity index (χ3v) is 9.75. The topological polar surface area (TPSA) is 449 Å². The number of nitrogens with two attached hydrogens (primary N) is 4.